The average molecular weight is 353 g/mol. The molecular weight excluding hydrogens is 334 g/mol. The molecule has 1 spiro atoms. The van der Waals surface area contributed by atoms with E-state index in [1.54, 1.807) is 0 Å². The summed E-state index contributed by atoms with van der Waals surface area (Å²) in [5.41, 5.74) is 1.24. The molecule has 0 atom stereocenters. The normalized spacial score (nSPS) is 21.8. The first kappa shape index (κ1) is 17.1. The molecule has 0 aromatic rings. The molecule has 0 aromatic carbocycles. The molecule has 0 unspecified atom stereocenters. The summed E-state index contributed by atoms with van der Waals surface area (Å²) in [6.45, 7) is -0.132. The second kappa shape index (κ2) is 6.99. The lowest BCUT2D eigenvalue weighted by Crippen LogP contribution is -2.51. The number of hydrogen-bond acceptors (Lipinski definition) is 7. The number of imide groups is 1. The third-order valence-electron chi connectivity index (χ3n) is 4.29. The van der Waals surface area contributed by atoms with Gasteiger partial charge in [0.25, 0.3) is 11.8 Å². The Morgan fingerprint density at radius 3 is 2.68 bits per heavy atom. The van der Waals surface area contributed by atoms with E-state index >= 15 is 0 Å². The summed E-state index contributed by atoms with van der Waals surface area (Å²) >= 11 is 0. The van der Waals surface area contributed by atoms with Crippen molar-refractivity contribution in [1.82, 2.24) is 15.8 Å². The first-order valence-electron chi connectivity index (χ1n) is 8.10. The van der Waals surface area contributed by atoms with E-state index < -0.39 is 36.0 Å². The summed E-state index contributed by atoms with van der Waals surface area (Å²) < 4.78 is 14.7. The predicted octanol–water partition coefficient (Wildman–Crippen LogP) is -0.296. The zero-order chi connectivity index (χ0) is 17.9. The molecule has 1 aliphatic carbocycles. The zero-order valence-corrected chi connectivity index (χ0v) is 13.5. The van der Waals surface area contributed by atoms with Gasteiger partial charge in [0.05, 0.1) is 0 Å². The Hall–Kier alpha value is -2.78. The van der Waals surface area contributed by atoms with Crippen molar-refractivity contribution >= 4 is 23.8 Å². The smallest absolute Gasteiger partial charge is 0.377 e. The largest absolute Gasteiger partial charge is 0.493 e. The maximum absolute atomic E-state index is 12.5. The quantitative estimate of drug-likeness (QED) is 0.525. The van der Waals surface area contributed by atoms with Crippen molar-refractivity contribution in [2.24, 2.45) is 0 Å². The number of esters is 1. The predicted molar refractivity (Wildman–Crippen MR) is 80.3 cm³/mol. The van der Waals surface area contributed by atoms with E-state index in [9.17, 15) is 19.2 Å². The molecule has 2 aliphatic heterocycles. The van der Waals surface area contributed by atoms with Crippen LogP contribution in [0.5, 0.6) is 0 Å². The highest BCUT2D eigenvalue weighted by Crippen LogP contribution is 2.32. The van der Waals surface area contributed by atoms with Gasteiger partial charge in [-0.15, -0.1) is 0 Å². The number of rotatable bonds is 4. The fourth-order valence-electron chi connectivity index (χ4n) is 3.05. The molecular formula is C15H19N3O7. The molecule has 1 saturated heterocycles. The van der Waals surface area contributed by atoms with Crippen LogP contribution in [0.3, 0.4) is 0 Å². The van der Waals surface area contributed by atoms with E-state index in [4.69, 9.17) is 14.2 Å². The SMILES string of the molecule is O=C(COC(=O)C1=COCCO1)NN1C(=O)NC2(CCCCC2)C1=O. The van der Waals surface area contributed by atoms with Crippen LogP contribution in [-0.4, -0.2) is 54.2 Å². The summed E-state index contributed by atoms with van der Waals surface area (Å²) in [6.07, 6.45) is 4.88. The van der Waals surface area contributed by atoms with Crippen LogP contribution in [0.1, 0.15) is 32.1 Å². The van der Waals surface area contributed by atoms with Crippen LogP contribution >= 0.6 is 0 Å². The number of urea groups is 1. The van der Waals surface area contributed by atoms with E-state index in [1.165, 1.54) is 0 Å². The lowest BCUT2D eigenvalue weighted by molar-refractivity contribution is -0.151. The van der Waals surface area contributed by atoms with Crippen molar-refractivity contribution < 1.29 is 33.4 Å². The minimum absolute atomic E-state index is 0.143. The number of nitrogens with one attached hydrogen (secondary N) is 2. The standard InChI is InChI=1S/C15H19N3O7/c19-11(9-25-12(20)10-8-23-6-7-24-10)17-18-13(21)15(16-14(18)22)4-2-1-3-5-15/h8H,1-7,9H2,(H,16,22)(H,17,19). The molecule has 25 heavy (non-hydrogen) atoms. The van der Waals surface area contributed by atoms with Crippen molar-refractivity contribution in [3.05, 3.63) is 12.0 Å². The van der Waals surface area contributed by atoms with Gasteiger partial charge in [-0.2, -0.15) is 5.01 Å². The maximum atomic E-state index is 12.5. The fraction of sp³-hybridized carbons (Fsp3) is 0.600. The summed E-state index contributed by atoms with van der Waals surface area (Å²) in [5, 5.41) is 3.31. The van der Waals surface area contributed by atoms with Gasteiger partial charge in [-0.25, -0.2) is 9.59 Å². The van der Waals surface area contributed by atoms with Gasteiger partial charge in [-0.3, -0.25) is 15.0 Å². The van der Waals surface area contributed by atoms with Crippen molar-refractivity contribution in [3.63, 3.8) is 0 Å². The molecule has 3 rings (SSSR count). The van der Waals surface area contributed by atoms with Crippen LogP contribution in [0, 0.1) is 0 Å². The van der Waals surface area contributed by atoms with Gasteiger partial charge in [-0.1, -0.05) is 19.3 Å². The van der Waals surface area contributed by atoms with E-state index in [0.717, 1.165) is 25.5 Å². The Labute approximate surface area is 143 Å². The van der Waals surface area contributed by atoms with Crippen LogP contribution in [0.2, 0.25) is 0 Å². The maximum Gasteiger partial charge on any atom is 0.377 e. The van der Waals surface area contributed by atoms with Gasteiger partial charge >= 0.3 is 12.0 Å². The van der Waals surface area contributed by atoms with Crippen molar-refractivity contribution in [1.29, 1.82) is 0 Å². The number of hydrogen-bond donors (Lipinski definition) is 2. The van der Waals surface area contributed by atoms with E-state index in [0.29, 0.717) is 24.5 Å². The summed E-state index contributed by atoms with van der Waals surface area (Å²) in [4.78, 5) is 48.1. The first-order valence-corrected chi connectivity index (χ1v) is 8.10. The van der Waals surface area contributed by atoms with Crippen LogP contribution in [-0.2, 0) is 28.6 Å². The summed E-state index contributed by atoms with van der Waals surface area (Å²) in [7, 11) is 0. The molecule has 136 valence electrons. The summed E-state index contributed by atoms with van der Waals surface area (Å²) in [6, 6.07) is -0.682. The highest BCUT2D eigenvalue weighted by molar-refractivity contribution is 6.08. The zero-order valence-electron chi connectivity index (χ0n) is 13.5. The Bertz CT molecular complexity index is 625. The molecule has 2 heterocycles. The monoisotopic (exact) mass is 353 g/mol. The molecule has 0 bridgehead atoms. The van der Waals surface area contributed by atoms with Crippen LogP contribution in [0.15, 0.2) is 12.0 Å². The van der Waals surface area contributed by atoms with Gasteiger partial charge in [0.1, 0.15) is 25.0 Å². The van der Waals surface area contributed by atoms with Crippen LogP contribution < -0.4 is 10.7 Å². The van der Waals surface area contributed by atoms with E-state index in [1.807, 2.05) is 0 Å². The molecule has 3 aliphatic rings. The molecule has 2 fully saturated rings. The third-order valence-corrected chi connectivity index (χ3v) is 4.29. The second-order valence-electron chi connectivity index (χ2n) is 6.03. The van der Waals surface area contributed by atoms with Gasteiger partial charge in [0, 0.05) is 0 Å². The Balaban J connectivity index is 1.52. The lowest BCUT2D eigenvalue weighted by Gasteiger charge is -2.30. The molecule has 0 aromatic heterocycles. The highest BCUT2D eigenvalue weighted by atomic mass is 16.6. The third kappa shape index (κ3) is 3.52. The van der Waals surface area contributed by atoms with Gasteiger partial charge in [0.15, 0.2) is 6.61 Å². The van der Waals surface area contributed by atoms with Crippen molar-refractivity contribution in [3.8, 4) is 0 Å². The van der Waals surface area contributed by atoms with Crippen molar-refractivity contribution in [2.75, 3.05) is 19.8 Å². The topological polar surface area (TPSA) is 123 Å². The van der Waals surface area contributed by atoms with Crippen molar-refractivity contribution in [2.45, 2.75) is 37.6 Å². The number of carbonyl (C=O) groups is 4. The Kier molecular flexibility index (Phi) is 4.77. The molecule has 2 N–H and O–H groups in total. The van der Waals surface area contributed by atoms with Crippen LogP contribution in [0.25, 0.3) is 0 Å². The molecule has 0 radical (unpaired) electrons. The van der Waals surface area contributed by atoms with Gasteiger partial charge in [-0.05, 0) is 12.8 Å². The molecule has 4 amide bonds. The number of amides is 4. The van der Waals surface area contributed by atoms with Crippen LogP contribution in [0.4, 0.5) is 4.79 Å². The molecule has 1 saturated carbocycles. The second-order valence-corrected chi connectivity index (χ2v) is 6.03. The Morgan fingerprint density at radius 1 is 1.24 bits per heavy atom. The average Bonchev–Trinajstić information content (AvgIpc) is 2.85. The highest BCUT2D eigenvalue weighted by Gasteiger charge is 2.52. The molecule has 10 nitrogen and oxygen atoms in total. The fourth-order valence-corrected chi connectivity index (χ4v) is 3.05. The number of nitrogens with zero attached hydrogens (tertiary/aromatic N) is 1. The lowest BCUT2D eigenvalue weighted by atomic mass is 9.82. The molecule has 10 heteroatoms. The van der Waals surface area contributed by atoms with Gasteiger partial charge in [0.2, 0.25) is 5.76 Å². The summed E-state index contributed by atoms with van der Waals surface area (Å²) in [5.74, 6) is -2.29. The van der Waals surface area contributed by atoms with E-state index in [-0.39, 0.29) is 12.4 Å². The first-order chi connectivity index (χ1) is 12.0. The number of ether oxygens (including phenoxy) is 3. The minimum Gasteiger partial charge on any atom is -0.493 e. The minimum atomic E-state index is -0.933. The van der Waals surface area contributed by atoms with E-state index in [2.05, 4.69) is 10.7 Å². The van der Waals surface area contributed by atoms with Gasteiger partial charge < -0.3 is 19.5 Å². The number of hydrazine groups is 1. The Morgan fingerprint density at radius 2 is 2.00 bits per heavy atom. The number of carbonyl (C=O) groups excluding carboxylic acids is 4.